The summed E-state index contributed by atoms with van der Waals surface area (Å²) < 4.78 is 0. The first kappa shape index (κ1) is 378. The molecule has 10 N–H and O–H groups in total. The molecule has 0 saturated carbocycles. The fraction of sp³-hybridized carbons (Fsp3) is 0. The molecule has 0 aliphatic heterocycles. The predicted octanol–water partition coefficient (Wildman–Crippen LogP) is -17.5. The molecule has 0 radical (unpaired) electrons. The molecule has 0 saturated heterocycles. The second kappa shape index (κ2) is 369. The summed E-state index contributed by atoms with van der Waals surface area (Å²) in [5.74, 6) is 0. The Kier molecular flexibility index (Phi) is 2020. The van der Waals surface area contributed by atoms with Gasteiger partial charge in [-0.3, -0.25) is 0 Å². The van der Waals surface area contributed by atoms with Gasteiger partial charge in [0, 0.05) is 0 Å². The van der Waals surface area contributed by atoms with Gasteiger partial charge in [0.25, 0.3) is 0 Å². The van der Waals surface area contributed by atoms with Crippen molar-refractivity contribution in [3.63, 3.8) is 0 Å². The van der Waals surface area contributed by atoms with Crippen LogP contribution in [0.1, 0.15) is 0 Å². The average Bonchev–Trinajstić information content (AvgIpc) is 1.94. The van der Waals surface area contributed by atoms with Gasteiger partial charge in [-0.05, 0) is 0 Å². The molecule has 120 valence electrons. The second-order valence-electron chi connectivity index (χ2n) is 1.41. The SMILES string of the molecule is O=C(O)O.O=C(O)O.O=C(O)O.O=C(O)O.O=C(O)O.[Ca+2].[Ca+2].[Ca+2].[Ca+2].[Ca+2].[Ca+2].[Ca+2].[Ca+2].[Ca+2].[Ca+2].[Ca+2].[Ca+2].[Ca+2].[Ca+2].[Ca+2].[Ca+2].[Ca+2].[Ca+2].[Ca+2].[Ca+2].[Ca+2].[Ca+2].[Ca+2].[Ca+2].[Ca+2].[Ca+2].[Ca+2].[Ca+2].[Ca+2].[Ca+2].[Ca+2].[Ca+2].[Ca+2].[Ca+2].[Ca+2].[Ca+2].[Ca+2].[Ca+2].[Ca+2].[Ca+2].[Ca+2].[Ca+2].[Ca+2].[Ca+2].[Ca+2].[Ca+2].[Ca+2].[Ca+2].[Ca+2]. The van der Waals surface area contributed by atoms with Crippen molar-refractivity contribution in [3.8, 4) is 0 Å². The Balaban J connectivity index is -0.000000000666. The Labute approximate surface area is 1880 Å². The molecule has 0 rings (SSSR count). The Hall–Kier alpha value is 58.1. The zero-order valence-electron chi connectivity index (χ0n) is 43.7. The van der Waals surface area contributed by atoms with Crippen LogP contribution in [-0.2, 0) is 0 Å². The zero-order chi connectivity index (χ0) is 17.9. The van der Waals surface area contributed by atoms with Gasteiger partial charge in [-0.15, -0.1) is 0 Å². The second-order valence-corrected chi connectivity index (χ2v) is 1.41. The summed E-state index contributed by atoms with van der Waals surface area (Å²) in [6.07, 6.45) is -9.17. The monoisotopic (exact) mass is 2270 g/mol. The van der Waals surface area contributed by atoms with Crippen LogP contribution in [0.4, 0.5) is 24.0 Å². The van der Waals surface area contributed by atoms with Crippen LogP contribution in [0.25, 0.3) is 0 Å². The third-order valence-electron chi connectivity index (χ3n) is 0. The van der Waals surface area contributed by atoms with E-state index in [4.69, 9.17) is 75.0 Å². The van der Waals surface area contributed by atoms with E-state index in [2.05, 4.69) is 0 Å². The van der Waals surface area contributed by atoms with Crippen LogP contribution in [0.15, 0.2) is 0 Å². The van der Waals surface area contributed by atoms with Crippen molar-refractivity contribution >= 4 is 1880 Å². The zero-order valence-corrected chi connectivity index (χ0v) is 152. The molecule has 0 spiro atoms. The Morgan fingerprint density at radius 1 is 0.101 bits per heavy atom. The maximum absolute atomic E-state index is 8.56. The molecular weight excluding hydrogens is 2260 g/mol. The van der Waals surface area contributed by atoms with Crippen LogP contribution in [0.2, 0.25) is 0 Å². The van der Waals surface area contributed by atoms with Gasteiger partial charge in [0.1, 0.15) is 0 Å². The van der Waals surface area contributed by atoms with Crippen molar-refractivity contribution < 1.29 is 75.0 Å². The molecule has 0 aliphatic carbocycles. The van der Waals surface area contributed by atoms with Crippen LogP contribution in [0.5, 0.6) is 0 Å². The fourth-order valence-corrected chi connectivity index (χ4v) is 0. The quantitative estimate of drug-likeness (QED) is 0.101. The molecular formula is C5H10Ca49O15+98. The number of carbonyl (C=O) groups is 5. The summed E-state index contributed by atoms with van der Waals surface area (Å²) >= 11 is 0. The van der Waals surface area contributed by atoms with Gasteiger partial charge in [0.05, 0.1) is 0 Å². The first-order valence-corrected chi connectivity index (χ1v) is 3.26. The summed E-state index contributed by atoms with van der Waals surface area (Å²) in [5, 5.41) is 69.7. The predicted molar refractivity (Wildman–Crippen MR) is 335 cm³/mol. The number of hydrogen-bond donors (Lipinski definition) is 10. The average molecular weight is 2270 g/mol. The largest absolute Gasteiger partial charge is 2.00 e. The number of carboxylic acid groups (broad SMARTS) is 10. The summed E-state index contributed by atoms with van der Waals surface area (Å²) in [6, 6.07) is 0. The minimum Gasteiger partial charge on any atom is -0.450 e. The van der Waals surface area contributed by atoms with Crippen molar-refractivity contribution in [2.75, 3.05) is 0 Å². The van der Waals surface area contributed by atoms with Gasteiger partial charge in [-0.2, -0.15) is 0 Å². The number of hydrogen-bond acceptors (Lipinski definition) is 5. The topological polar surface area (TPSA) is 288 Å². The molecule has 15 nitrogen and oxygen atoms in total. The number of rotatable bonds is 0. The molecule has 0 heterocycles. The molecule has 69 heavy (non-hydrogen) atoms. The molecule has 0 aromatic carbocycles. The maximum atomic E-state index is 8.56. The first-order chi connectivity index (χ1) is 8.66. The molecule has 0 aromatic rings. The van der Waals surface area contributed by atoms with Gasteiger partial charge < -0.3 is 51.1 Å². The van der Waals surface area contributed by atoms with Gasteiger partial charge >= 0.3 is 1880 Å². The molecule has 0 bridgehead atoms. The van der Waals surface area contributed by atoms with E-state index in [9.17, 15) is 0 Å². The van der Waals surface area contributed by atoms with E-state index in [1.807, 2.05) is 0 Å². The van der Waals surface area contributed by atoms with Crippen LogP contribution in [0.3, 0.4) is 0 Å². The van der Waals surface area contributed by atoms with Crippen LogP contribution in [-0.4, -0.2) is 1930 Å². The molecule has 0 amide bonds. The van der Waals surface area contributed by atoms with E-state index in [-0.39, 0.29) is 1850 Å². The minimum absolute atomic E-state index is 0. The third kappa shape index (κ3) is 575. The van der Waals surface area contributed by atoms with E-state index in [0.29, 0.717) is 0 Å². The molecule has 0 aliphatic rings. The summed E-state index contributed by atoms with van der Waals surface area (Å²) in [4.78, 5) is 42.8. The van der Waals surface area contributed by atoms with Gasteiger partial charge in [0.15, 0.2) is 0 Å². The van der Waals surface area contributed by atoms with Crippen molar-refractivity contribution in [1.82, 2.24) is 0 Å². The van der Waals surface area contributed by atoms with E-state index in [1.54, 1.807) is 0 Å². The molecule has 0 fully saturated rings. The Bertz CT molecular complexity index is 261. The van der Waals surface area contributed by atoms with Crippen molar-refractivity contribution in [2.24, 2.45) is 0 Å². The first-order valence-electron chi connectivity index (χ1n) is 3.26. The molecule has 0 atom stereocenters. The molecule has 64 heteroatoms. The van der Waals surface area contributed by atoms with E-state index < -0.39 is 30.8 Å². The smallest absolute Gasteiger partial charge is 0.450 e. The van der Waals surface area contributed by atoms with Crippen LogP contribution in [0, 0.1) is 0 Å². The summed E-state index contributed by atoms with van der Waals surface area (Å²) in [7, 11) is 0. The van der Waals surface area contributed by atoms with E-state index in [0.717, 1.165) is 0 Å². The van der Waals surface area contributed by atoms with Gasteiger partial charge in [0.2, 0.25) is 0 Å². The van der Waals surface area contributed by atoms with Gasteiger partial charge in [-0.25, -0.2) is 24.0 Å². The third-order valence-corrected chi connectivity index (χ3v) is 0. The standard InChI is InChI=1S/5CH2O3.49Ca/c5*2-1(3)4;;;;;;;;;;;;;;;;;;;;;;;;;;;;;;;;;;;;;;;;;;;;;;;;;/h5*(H2,2,3,4);;;;;;;;;;;;;;;;;;;;;;;;;;;;;;;;;;;;;;;;;;;;;;;;;/q;;;;;49*+2. The van der Waals surface area contributed by atoms with E-state index >= 15 is 0 Å². The van der Waals surface area contributed by atoms with Crippen LogP contribution < -0.4 is 0 Å². The van der Waals surface area contributed by atoms with Crippen LogP contribution >= 0.6 is 0 Å². The minimum atomic E-state index is -1.83. The normalized spacial score (nSPS) is 1.74. The summed E-state index contributed by atoms with van der Waals surface area (Å²) in [6.45, 7) is 0. The van der Waals surface area contributed by atoms with Crippen molar-refractivity contribution in [1.29, 1.82) is 0 Å². The maximum Gasteiger partial charge on any atom is 2.00 e. The van der Waals surface area contributed by atoms with Crippen molar-refractivity contribution in [2.45, 2.75) is 0 Å². The van der Waals surface area contributed by atoms with E-state index in [1.165, 1.54) is 0 Å². The van der Waals surface area contributed by atoms with Gasteiger partial charge in [-0.1, -0.05) is 0 Å². The Morgan fingerprint density at radius 3 is 0.101 bits per heavy atom. The molecule has 0 aromatic heterocycles. The summed E-state index contributed by atoms with van der Waals surface area (Å²) in [5.41, 5.74) is 0. The molecule has 0 unspecified atom stereocenters. The fourth-order valence-electron chi connectivity index (χ4n) is 0. The Morgan fingerprint density at radius 2 is 0.101 bits per heavy atom. The van der Waals surface area contributed by atoms with Crippen molar-refractivity contribution in [3.05, 3.63) is 0 Å².